The number of carbonyl (C=O) groups excluding carboxylic acids is 1. The zero-order valence-corrected chi connectivity index (χ0v) is 15.9. The topological polar surface area (TPSA) is 85.8 Å². The molecule has 1 amide bonds. The van der Waals surface area contributed by atoms with Gasteiger partial charge in [-0.2, -0.15) is 5.10 Å². The number of hydrogen-bond donors (Lipinski definition) is 1. The second kappa shape index (κ2) is 7.67. The summed E-state index contributed by atoms with van der Waals surface area (Å²) in [6.45, 7) is 1.77. The van der Waals surface area contributed by atoms with Crippen LogP contribution in [0.4, 0.5) is 4.39 Å². The van der Waals surface area contributed by atoms with Gasteiger partial charge in [0.25, 0.3) is 5.91 Å². The highest BCUT2D eigenvalue weighted by Crippen LogP contribution is 2.22. The molecule has 146 valence electrons. The van der Waals surface area contributed by atoms with Gasteiger partial charge in [0.15, 0.2) is 5.69 Å². The van der Waals surface area contributed by atoms with E-state index in [0.717, 1.165) is 11.1 Å². The molecule has 1 N–H and O–H groups in total. The molecular weight excluding hydrogens is 373 g/mol. The largest absolute Gasteiger partial charge is 0.419 e. The molecule has 4 rings (SSSR count). The number of carbonyl (C=O) groups is 1. The molecule has 0 radical (unpaired) electrons. The molecule has 2 heterocycles. The standard InChI is InChI=1S/C21H18FN5O2/c1-13-10-15(8-9-16(13)22)18-11-17(26-27(18)2)20(28)23-12-19-24-25-21(29-19)14-6-4-3-5-7-14/h3-11H,12H2,1-2H3,(H,23,28). The van der Waals surface area contributed by atoms with Gasteiger partial charge in [-0.1, -0.05) is 18.2 Å². The lowest BCUT2D eigenvalue weighted by Gasteiger charge is -2.03. The molecule has 0 fully saturated rings. The number of benzene rings is 2. The summed E-state index contributed by atoms with van der Waals surface area (Å²) in [6.07, 6.45) is 0. The molecule has 2 aromatic heterocycles. The van der Waals surface area contributed by atoms with Crippen LogP contribution in [-0.4, -0.2) is 25.9 Å². The maximum absolute atomic E-state index is 13.5. The fourth-order valence-electron chi connectivity index (χ4n) is 2.92. The lowest BCUT2D eigenvalue weighted by atomic mass is 10.1. The molecule has 0 unspecified atom stereocenters. The number of nitrogens with one attached hydrogen (secondary N) is 1. The van der Waals surface area contributed by atoms with E-state index in [9.17, 15) is 9.18 Å². The van der Waals surface area contributed by atoms with Crippen molar-refractivity contribution in [3.63, 3.8) is 0 Å². The average molecular weight is 391 g/mol. The van der Waals surface area contributed by atoms with Crippen molar-refractivity contribution in [3.05, 3.63) is 77.6 Å². The van der Waals surface area contributed by atoms with Gasteiger partial charge < -0.3 is 9.73 Å². The van der Waals surface area contributed by atoms with Crippen molar-refractivity contribution in [1.29, 1.82) is 0 Å². The lowest BCUT2D eigenvalue weighted by Crippen LogP contribution is -2.23. The number of halogens is 1. The molecule has 8 heteroatoms. The maximum atomic E-state index is 13.5. The highest BCUT2D eigenvalue weighted by molar-refractivity contribution is 5.93. The predicted octanol–water partition coefficient (Wildman–Crippen LogP) is 3.51. The van der Waals surface area contributed by atoms with Gasteiger partial charge in [0.1, 0.15) is 5.82 Å². The lowest BCUT2D eigenvalue weighted by molar-refractivity contribution is 0.0941. The van der Waals surface area contributed by atoms with Gasteiger partial charge in [0.05, 0.1) is 12.2 Å². The first-order chi connectivity index (χ1) is 14.0. The second-order valence-electron chi connectivity index (χ2n) is 6.55. The number of hydrogen-bond acceptors (Lipinski definition) is 5. The Morgan fingerprint density at radius 1 is 1.10 bits per heavy atom. The zero-order chi connectivity index (χ0) is 20.4. The molecule has 4 aromatic rings. The van der Waals surface area contributed by atoms with Gasteiger partial charge in [0.2, 0.25) is 11.8 Å². The zero-order valence-electron chi connectivity index (χ0n) is 15.9. The van der Waals surface area contributed by atoms with Crippen LogP contribution in [0.5, 0.6) is 0 Å². The van der Waals surface area contributed by atoms with Gasteiger partial charge in [-0.3, -0.25) is 9.48 Å². The average Bonchev–Trinajstić information content (AvgIpc) is 3.36. The number of aryl methyl sites for hydroxylation is 2. The van der Waals surface area contributed by atoms with E-state index in [2.05, 4.69) is 20.6 Å². The van der Waals surface area contributed by atoms with Gasteiger partial charge in [-0.15, -0.1) is 10.2 Å². The molecule has 0 saturated carbocycles. The Balaban J connectivity index is 1.46. The summed E-state index contributed by atoms with van der Waals surface area (Å²) in [7, 11) is 1.73. The van der Waals surface area contributed by atoms with Crippen LogP contribution in [0.1, 0.15) is 21.9 Å². The molecule has 0 aliphatic carbocycles. The summed E-state index contributed by atoms with van der Waals surface area (Å²) in [6, 6.07) is 15.8. The number of rotatable bonds is 5. The number of aromatic nitrogens is 4. The van der Waals surface area contributed by atoms with E-state index >= 15 is 0 Å². The van der Waals surface area contributed by atoms with E-state index in [4.69, 9.17) is 4.42 Å². The van der Waals surface area contributed by atoms with Crippen LogP contribution in [0, 0.1) is 12.7 Å². The van der Waals surface area contributed by atoms with Crippen molar-refractivity contribution in [2.75, 3.05) is 0 Å². The molecule has 0 atom stereocenters. The fraction of sp³-hybridized carbons (Fsp3) is 0.143. The first-order valence-corrected chi connectivity index (χ1v) is 8.98. The Kier molecular flexibility index (Phi) is 4.90. The molecule has 0 saturated heterocycles. The monoisotopic (exact) mass is 391 g/mol. The smallest absolute Gasteiger partial charge is 0.272 e. The van der Waals surface area contributed by atoms with Crippen LogP contribution in [0.25, 0.3) is 22.7 Å². The third-order valence-electron chi connectivity index (χ3n) is 4.45. The van der Waals surface area contributed by atoms with Gasteiger partial charge in [-0.05, 0) is 48.9 Å². The molecule has 0 aliphatic rings. The summed E-state index contributed by atoms with van der Waals surface area (Å²) >= 11 is 0. The molecular formula is C21H18FN5O2. The van der Waals surface area contributed by atoms with E-state index in [-0.39, 0.29) is 24.0 Å². The Morgan fingerprint density at radius 2 is 1.90 bits per heavy atom. The van der Waals surface area contributed by atoms with Crippen LogP contribution in [-0.2, 0) is 13.6 Å². The van der Waals surface area contributed by atoms with E-state index in [0.29, 0.717) is 23.0 Å². The summed E-state index contributed by atoms with van der Waals surface area (Å²) in [5.74, 6) is 0.0395. The summed E-state index contributed by atoms with van der Waals surface area (Å²) in [5.41, 5.74) is 3.07. The molecule has 29 heavy (non-hydrogen) atoms. The molecule has 0 aliphatic heterocycles. The van der Waals surface area contributed by atoms with Gasteiger partial charge >= 0.3 is 0 Å². The highest BCUT2D eigenvalue weighted by Gasteiger charge is 2.16. The third kappa shape index (κ3) is 3.91. The van der Waals surface area contributed by atoms with Crippen LogP contribution in [0.2, 0.25) is 0 Å². The minimum absolute atomic E-state index is 0.0836. The van der Waals surface area contributed by atoms with E-state index < -0.39 is 0 Å². The normalized spacial score (nSPS) is 10.9. The van der Waals surface area contributed by atoms with Crippen molar-refractivity contribution < 1.29 is 13.6 Å². The van der Waals surface area contributed by atoms with Crippen molar-refractivity contribution in [1.82, 2.24) is 25.3 Å². The Labute approximate surface area is 166 Å². The predicted molar refractivity (Wildman–Crippen MR) is 104 cm³/mol. The van der Waals surface area contributed by atoms with Crippen LogP contribution >= 0.6 is 0 Å². The molecule has 2 aromatic carbocycles. The fourth-order valence-corrected chi connectivity index (χ4v) is 2.92. The van der Waals surface area contributed by atoms with Gasteiger partial charge in [0, 0.05) is 18.2 Å². The van der Waals surface area contributed by atoms with Crippen LogP contribution in [0.15, 0.2) is 59.0 Å². The Hall–Kier alpha value is -3.81. The SMILES string of the molecule is Cc1cc(-c2cc(C(=O)NCc3nnc(-c4ccccc4)o3)nn2C)ccc1F. The van der Waals surface area contributed by atoms with Crippen LogP contribution < -0.4 is 5.32 Å². The quantitative estimate of drug-likeness (QED) is 0.563. The van der Waals surface area contributed by atoms with Crippen LogP contribution in [0.3, 0.4) is 0 Å². The third-order valence-corrected chi connectivity index (χ3v) is 4.45. The second-order valence-corrected chi connectivity index (χ2v) is 6.55. The van der Waals surface area contributed by atoms with E-state index in [1.54, 1.807) is 36.9 Å². The summed E-state index contributed by atoms with van der Waals surface area (Å²) < 4.78 is 20.7. The highest BCUT2D eigenvalue weighted by atomic mass is 19.1. The minimum Gasteiger partial charge on any atom is -0.419 e. The molecule has 0 spiro atoms. The molecule has 7 nitrogen and oxygen atoms in total. The number of amides is 1. The summed E-state index contributed by atoms with van der Waals surface area (Å²) in [4.78, 5) is 12.5. The Bertz CT molecular complexity index is 1170. The van der Waals surface area contributed by atoms with Crippen molar-refractivity contribution in [2.24, 2.45) is 7.05 Å². The van der Waals surface area contributed by atoms with E-state index in [1.807, 2.05) is 30.3 Å². The molecule has 0 bridgehead atoms. The maximum Gasteiger partial charge on any atom is 0.272 e. The summed E-state index contributed by atoms with van der Waals surface area (Å²) in [5, 5.41) is 14.9. The van der Waals surface area contributed by atoms with Crippen molar-refractivity contribution >= 4 is 5.91 Å². The van der Waals surface area contributed by atoms with Gasteiger partial charge in [-0.25, -0.2) is 4.39 Å². The van der Waals surface area contributed by atoms with Crippen molar-refractivity contribution in [3.8, 4) is 22.7 Å². The number of nitrogens with zero attached hydrogens (tertiary/aromatic N) is 4. The minimum atomic E-state index is -0.370. The first kappa shape index (κ1) is 18.5. The Morgan fingerprint density at radius 3 is 2.66 bits per heavy atom. The van der Waals surface area contributed by atoms with Crippen molar-refractivity contribution in [2.45, 2.75) is 13.5 Å². The first-order valence-electron chi connectivity index (χ1n) is 8.98. The van der Waals surface area contributed by atoms with E-state index in [1.165, 1.54) is 6.07 Å².